The van der Waals surface area contributed by atoms with Gasteiger partial charge in [0.2, 0.25) is 6.79 Å². The molecule has 0 bridgehead atoms. The number of thiophene rings is 1. The highest BCUT2D eigenvalue weighted by Crippen LogP contribution is 2.36. The summed E-state index contributed by atoms with van der Waals surface area (Å²) in [6.45, 7) is 0.120. The molecule has 0 saturated heterocycles. The first-order valence-electron chi connectivity index (χ1n) is 7.75. The van der Waals surface area contributed by atoms with Crippen molar-refractivity contribution in [2.75, 3.05) is 12.1 Å². The van der Waals surface area contributed by atoms with Crippen molar-refractivity contribution < 1.29 is 24.2 Å². The van der Waals surface area contributed by atoms with E-state index in [4.69, 9.17) is 9.47 Å². The maximum Gasteiger partial charge on any atom is 0.338 e. The molecule has 0 radical (unpaired) electrons. The van der Waals surface area contributed by atoms with Crippen LogP contribution in [0, 0.1) is 0 Å². The predicted octanol–water partition coefficient (Wildman–Crippen LogP) is 4.09. The minimum atomic E-state index is -1.09. The summed E-state index contributed by atoms with van der Waals surface area (Å²) < 4.78 is 10.5. The van der Waals surface area contributed by atoms with Gasteiger partial charge in [0, 0.05) is 10.4 Å². The van der Waals surface area contributed by atoms with E-state index in [1.807, 2.05) is 30.3 Å². The Kier molecular flexibility index (Phi) is 4.06. The van der Waals surface area contributed by atoms with Crippen molar-refractivity contribution in [3.05, 3.63) is 65.7 Å². The molecule has 26 heavy (non-hydrogen) atoms. The van der Waals surface area contributed by atoms with E-state index < -0.39 is 11.9 Å². The number of fused-ring (bicyclic) bond motifs is 1. The number of benzene rings is 2. The van der Waals surface area contributed by atoms with Crippen LogP contribution in [0.2, 0.25) is 0 Å². The molecule has 1 aliphatic rings. The van der Waals surface area contributed by atoms with Gasteiger partial charge in [0.15, 0.2) is 11.5 Å². The number of carboxylic acids is 1. The highest BCUT2D eigenvalue weighted by atomic mass is 32.1. The third kappa shape index (κ3) is 3.00. The number of nitrogens with one attached hydrogen (secondary N) is 1. The normalized spacial score (nSPS) is 12.0. The van der Waals surface area contributed by atoms with E-state index in [9.17, 15) is 14.7 Å². The Balaban J connectivity index is 1.64. The van der Waals surface area contributed by atoms with Crippen LogP contribution in [0.15, 0.2) is 54.6 Å². The van der Waals surface area contributed by atoms with Crippen LogP contribution in [-0.4, -0.2) is 23.8 Å². The highest BCUT2D eigenvalue weighted by molar-refractivity contribution is 7.20. The SMILES string of the molecule is O=C(Nc1sc(-c2ccccc2)cc1C(=O)O)c1ccc2c(c1)OCO2. The number of aromatic carboxylic acids is 1. The number of amides is 1. The quantitative estimate of drug-likeness (QED) is 0.725. The van der Waals surface area contributed by atoms with Gasteiger partial charge in [-0.2, -0.15) is 0 Å². The lowest BCUT2D eigenvalue weighted by molar-refractivity contribution is 0.0698. The second kappa shape index (κ2) is 6.53. The van der Waals surface area contributed by atoms with Gasteiger partial charge >= 0.3 is 5.97 Å². The van der Waals surface area contributed by atoms with Gasteiger partial charge in [0.25, 0.3) is 5.91 Å². The summed E-state index contributed by atoms with van der Waals surface area (Å²) in [5, 5.41) is 12.4. The Hall–Kier alpha value is -3.32. The zero-order valence-electron chi connectivity index (χ0n) is 13.4. The van der Waals surface area contributed by atoms with Crippen LogP contribution >= 0.6 is 11.3 Å². The minimum absolute atomic E-state index is 0.0583. The predicted molar refractivity (Wildman–Crippen MR) is 97.2 cm³/mol. The third-order valence-electron chi connectivity index (χ3n) is 3.88. The molecule has 0 atom stereocenters. The van der Waals surface area contributed by atoms with Gasteiger partial charge in [-0.3, -0.25) is 4.79 Å². The number of carboxylic acid groups (broad SMARTS) is 1. The van der Waals surface area contributed by atoms with E-state index in [1.54, 1.807) is 24.3 Å². The molecular weight excluding hydrogens is 354 g/mol. The molecule has 0 spiro atoms. The molecule has 1 aromatic heterocycles. The molecule has 2 N–H and O–H groups in total. The van der Waals surface area contributed by atoms with Gasteiger partial charge in [0.05, 0.1) is 5.56 Å². The van der Waals surface area contributed by atoms with Crippen molar-refractivity contribution >= 4 is 28.2 Å². The minimum Gasteiger partial charge on any atom is -0.478 e. The summed E-state index contributed by atoms with van der Waals surface area (Å²) in [5.74, 6) is -0.431. The van der Waals surface area contributed by atoms with E-state index in [1.165, 1.54) is 11.3 Å². The Morgan fingerprint density at radius 2 is 1.77 bits per heavy atom. The number of hydrogen-bond acceptors (Lipinski definition) is 5. The molecular formula is C19H13NO5S. The van der Waals surface area contributed by atoms with E-state index in [2.05, 4.69) is 5.32 Å². The maximum absolute atomic E-state index is 12.5. The molecule has 2 aromatic carbocycles. The van der Waals surface area contributed by atoms with Crippen LogP contribution in [0.3, 0.4) is 0 Å². The van der Waals surface area contributed by atoms with Gasteiger partial charge < -0.3 is 19.9 Å². The third-order valence-corrected chi connectivity index (χ3v) is 4.98. The van der Waals surface area contributed by atoms with Crippen molar-refractivity contribution in [2.45, 2.75) is 0 Å². The lowest BCUT2D eigenvalue weighted by Crippen LogP contribution is -2.13. The number of carbonyl (C=O) groups excluding carboxylic acids is 1. The fourth-order valence-corrected chi connectivity index (χ4v) is 3.65. The van der Waals surface area contributed by atoms with E-state index in [0.29, 0.717) is 22.1 Å². The zero-order chi connectivity index (χ0) is 18.1. The standard InChI is InChI=1S/C19H13NO5S/c21-17(12-6-7-14-15(8-12)25-10-24-14)20-18-13(19(22)23)9-16(26-18)11-4-2-1-3-5-11/h1-9H,10H2,(H,20,21)(H,22,23). The van der Waals surface area contributed by atoms with Crippen LogP contribution in [-0.2, 0) is 0 Å². The molecule has 4 rings (SSSR count). The Bertz CT molecular complexity index is 996. The summed E-state index contributed by atoms with van der Waals surface area (Å²) in [4.78, 5) is 24.9. The average Bonchev–Trinajstić information content (AvgIpc) is 3.28. The fourth-order valence-electron chi connectivity index (χ4n) is 2.60. The lowest BCUT2D eigenvalue weighted by atomic mass is 10.1. The van der Waals surface area contributed by atoms with Crippen LogP contribution in [0.25, 0.3) is 10.4 Å². The molecule has 0 unspecified atom stereocenters. The summed E-state index contributed by atoms with van der Waals surface area (Å²) in [6, 6.07) is 15.8. The second-order valence-corrected chi connectivity index (χ2v) is 6.60. The van der Waals surface area contributed by atoms with Crippen LogP contribution in [0.4, 0.5) is 5.00 Å². The van der Waals surface area contributed by atoms with Crippen LogP contribution in [0.5, 0.6) is 11.5 Å². The molecule has 0 saturated carbocycles. The maximum atomic E-state index is 12.5. The summed E-state index contributed by atoms with van der Waals surface area (Å²) in [7, 11) is 0. The molecule has 130 valence electrons. The second-order valence-electron chi connectivity index (χ2n) is 5.55. The Morgan fingerprint density at radius 3 is 2.54 bits per heavy atom. The molecule has 0 fully saturated rings. The number of ether oxygens (including phenoxy) is 2. The molecule has 6 nitrogen and oxygen atoms in total. The first-order chi connectivity index (χ1) is 12.6. The van der Waals surface area contributed by atoms with E-state index in [-0.39, 0.29) is 12.4 Å². The van der Waals surface area contributed by atoms with Crippen molar-refractivity contribution in [3.63, 3.8) is 0 Å². The first kappa shape index (κ1) is 16.2. The van der Waals surface area contributed by atoms with Crippen molar-refractivity contribution in [1.29, 1.82) is 0 Å². The van der Waals surface area contributed by atoms with Crippen molar-refractivity contribution in [2.24, 2.45) is 0 Å². The Morgan fingerprint density at radius 1 is 1.00 bits per heavy atom. The summed E-state index contributed by atoms with van der Waals surface area (Å²) in [6.07, 6.45) is 0. The number of rotatable bonds is 4. The molecule has 0 aliphatic carbocycles. The van der Waals surface area contributed by atoms with E-state index in [0.717, 1.165) is 10.4 Å². The smallest absolute Gasteiger partial charge is 0.338 e. The zero-order valence-corrected chi connectivity index (χ0v) is 14.2. The summed E-state index contributed by atoms with van der Waals surface area (Å²) in [5.41, 5.74) is 1.31. The molecule has 7 heteroatoms. The van der Waals surface area contributed by atoms with Crippen LogP contribution < -0.4 is 14.8 Å². The molecule has 3 aromatic rings. The molecule has 1 aliphatic heterocycles. The monoisotopic (exact) mass is 367 g/mol. The first-order valence-corrected chi connectivity index (χ1v) is 8.57. The van der Waals surface area contributed by atoms with Gasteiger partial charge in [-0.15, -0.1) is 11.3 Å². The van der Waals surface area contributed by atoms with Crippen LogP contribution in [0.1, 0.15) is 20.7 Å². The van der Waals surface area contributed by atoms with Gasteiger partial charge in [-0.05, 0) is 29.8 Å². The van der Waals surface area contributed by atoms with Gasteiger partial charge in [0.1, 0.15) is 5.00 Å². The van der Waals surface area contributed by atoms with Gasteiger partial charge in [-0.25, -0.2) is 4.79 Å². The highest BCUT2D eigenvalue weighted by Gasteiger charge is 2.20. The average molecular weight is 367 g/mol. The topological polar surface area (TPSA) is 84.9 Å². The fraction of sp³-hybridized carbons (Fsp3) is 0.0526. The van der Waals surface area contributed by atoms with Crippen molar-refractivity contribution in [3.8, 4) is 21.9 Å². The number of carbonyl (C=O) groups is 2. The molecule has 2 heterocycles. The number of anilines is 1. The Labute approximate surface area is 152 Å². The number of hydrogen-bond donors (Lipinski definition) is 2. The van der Waals surface area contributed by atoms with Crippen molar-refractivity contribution in [1.82, 2.24) is 0 Å². The summed E-state index contributed by atoms with van der Waals surface area (Å²) >= 11 is 1.22. The van der Waals surface area contributed by atoms with E-state index >= 15 is 0 Å². The van der Waals surface area contributed by atoms with Gasteiger partial charge in [-0.1, -0.05) is 30.3 Å². The largest absolute Gasteiger partial charge is 0.478 e. The molecule has 1 amide bonds. The lowest BCUT2D eigenvalue weighted by Gasteiger charge is -2.05.